The smallest absolute Gasteiger partial charge is 0.325 e. The summed E-state index contributed by atoms with van der Waals surface area (Å²) >= 11 is 0. The van der Waals surface area contributed by atoms with Crippen molar-refractivity contribution in [1.82, 2.24) is 0 Å². The minimum Gasteiger partial charge on any atom is -0.480 e. The minimum absolute atomic E-state index is 0.00440. The first-order valence-corrected chi connectivity index (χ1v) is 4.94. The van der Waals surface area contributed by atoms with E-state index in [0.717, 1.165) is 0 Å². The predicted molar refractivity (Wildman–Crippen MR) is 51.5 cm³/mol. The van der Waals surface area contributed by atoms with Crippen molar-refractivity contribution in [3.05, 3.63) is 10.1 Å². The molecule has 0 spiro atoms. The second-order valence-corrected chi connectivity index (χ2v) is 4.15. The maximum absolute atomic E-state index is 11.1. The second kappa shape index (κ2) is 4.07. The van der Waals surface area contributed by atoms with E-state index in [2.05, 4.69) is 0 Å². The maximum Gasteiger partial charge on any atom is 0.325 e. The molecule has 2 N–H and O–H groups in total. The summed E-state index contributed by atoms with van der Waals surface area (Å²) in [6.07, 6.45) is 0.974. The quantitative estimate of drug-likeness (QED) is 0.415. The summed E-state index contributed by atoms with van der Waals surface area (Å²) < 4.78 is 0. The summed E-state index contributed by atoms with van der Waals surface area (Å²) in [6.45, 7) is 1.54. The first-order chi connectivity index (χ1) is 7.34. The lowest BCUT2D eigenvalue weighted by molar-refractivity contribution is -0.582. The number of rotatable bonds is 4. The van der Waals surface area contributed by atoms with Gasteiger partial charge in [-0.15, -0.1) is 0 Å². The molecular formula is C9H13NO6. The van der Waals surface area contributed by atoms with E-state index in [4.69, 9.17) is 10.2 Å². The van der Waals surface area contributed by atoms with Crippen molar-refractivity contribution >= 4 is 11.9 Å². The van der Waals surface area contributed by atoms with E-state index in [9.17, 15) is 19.7 Å². The van der Waals surface area contributed by atoms with Crippen LogP contribution in [0.4, 0.5) is 0 Å². The molecule has 2 atom stereocenters. The normalized spacial score (nSPS) is 29.2. The van der Waals surface area contributed by atoms with Crippen LogP contribution in [0.1, 0.15) is 26.2 Å². The Morgan fingerprint density at radius 1 is 1.44 bits per heavy atom. The molecule has 0 amide bonds. The van der Waals surface area contributed by atoms with Crippen LogP contribution in [0.5, 0.6) is 0 Å². The molecule has 0 bridgehead atoms. The van der Waals surface area contributed by atoms with Gasteiger partial charge in [-0.1, -0.05) is 6.92 Å². The number of carbonyl (C=O) groups is 2. The van der Waals surface area contributed by atoms with Crippen molar-refractivity contribution in [1.29, 1.82) is 0 Å². The highest BCUT2D eigenvalue weighted by molar-refractivity contribution is 5.94. The minimum atomic E-state index is -1.97. The lowest BCUT2D eigenvalue weighted by Gasteiger charge is -2.27. The van der Waals surface area contributed by atoms with Crippen molar-refractivity contribution in [2.45, 2.75) is 31.7 Å². The SMILES string of the molecule is CC1CCCC1(C(C(=O)O)C(=O)O)[N+](=O)[O-]. The van der Waals surface area contributed by atoms with Crippen LogP contribution in [0.2, 0.25) is 0 Å². The van der Waals surface area contributed by atoms with Gasteiger partial charge in [0.05, 0.1) is 0 Å². The first kappa shape index (κ1) is 12.4. The van der Waals surface area contributed by atoms with Gasteiger partial charge in [0.2, 0.25) is 11.5 Å². The van der Waals surface area contributed by atoms with Gasteiger partial charge in [-0.3, -0.25) is 19.7 Å². The molecule has 0 radical (unpaired) electrons. The van der Waals surface area contributed by atoms with Crippen LogP contribution in [0, 0.1) is 22.0 Å². The molecule has 0 saturated heterocycles. The Bertz CT molecular complexity index is 327. The van der Waals surface area contributed by atoms with Gasteiger partial charge >= 0.3 is 11.9 Å². The Balaban J connectivity index is 3.24. The van der Waals surface area contributed by atoms with Gasteiger partial charge in [-0.05, 0) is 12.8 Å². The highest BCUT2D eigenvalue weighted by Crippen LogP contribution is 2.43. The number of hydrogen-bond acceptors (Lipinski definition) is 4. The molecular weight excluding hydrogens is 218 g/mol. The molecule has 1 rings (SSSR count). The number of nitro groups is 1. The summed E-state index contributed by atoms with van der Waals surface area (Å²) in [7, 11) is 0. The number of aliphatic carboxylic acids is 2. The van der Waals surface area contributed by atoms with Crippen molar-refractivity contribution in [2.24, 2.45) is 11.8 Å². The molecule has 1 aliphatic carbocycles. The third kappa shape index (κ3) is 1.62. The largest absolute Gasteiger partial charge is 0.480 e. The standard InChI is InChI=1S/C9H13NO6/c1-5-3-2-4-9(5,10(15)16)6(7(11)12)8(13)14/h5-6H,2-4H2,1H3,(H,11,12)(H,13,14). The molecule has 2 unspecified atom stereocenters. The maximum atomic E-state index is 11.1. The molecule has 90 valence electrons. The van der Waals surface area contributed by atoms with Crippen LogP contribution in [-0.4, -0.2) is 32.6 Å². The Hall–Kier alpha value is -1.66. The molecule has 0 aliphatic heterocycles. The molecule has 7 nitrogen and oxygen atoms in total. The van der Waals surface area contributed by atoms with Crippen LogP contribution < -0.4 is 0 Å². The molecule has 1 aliphatic rings. The molecule has 0 aromatic carbocycles. The van der Waals surface area contributed by atoms with Crippen molar-refractivity contribution in [3.63, 3.8) is 0 Å². The van der Waals surface area contributed by atoms with Gasteiger partial charge in [0, 0.05) is 17.3 Å². The first-order valence-electron chi connectivity index (χ1n) is 4.94. The van der Waals surface area contributed by atoms with E-state index < -0.39 is 34.2 Å². The lowest BCUT2D eigenvalue weighted by atomic mass is 9.77. The summed E-state index contributed by atoms with van der Waals surface area (Å²) in [6, 6.07) is 0. The highest BCUT2D eigenvalue weighted by atomic mass is 16.6. The summed E-state index contributed by atoms with van der Waals surface area (Å²) in [4.78, 5) is 32.1. The highest BCUT2D eigenvalue weighted by Gasteiger charge is 2.63. The molecule has 0 aromatic rings. The summed E-state index contributed by atoms with van der Waals surface area (Å²) in [5, 5.41) is 28.8. The zero-order valence-corrected chi connectivity index (χ0v) is 8.75. The Labute approximate surface area is 91.2 Å². The van der Waals surface area contributed by atoms with Gasteiger partial charge in [0.25, 0.3) is 0 Å². The fourth-order valence-electron chi connectivity index (χ4n) is 2.53. The van der Waals surface area contributed by atoms with Crippen LogP contribution >= 0.6 is 0 Å². The fourth-order valence-corrected chi connectivity index (χ4v) is 2.53. The van der Waals surface area contributed by atoms with E-state index >= 15 is 0 Å². The van der Waals surface area contributed by atoms with Crippen LogP contribution in [0.25, 0.3) is 0 Å². The summed E-state index contributed by atoms with van der Waals surface area (Å²) in [5.41, 5.74) is -1.86. The number of nitrogens with zero attached hydrogens (tertiary/aromatic N) is 1. The van der Waals surface area contributed by atoms with Gasteiger partial charge in [-0.2, -0.15) is 0 Å². The van der Waals surface area contributed by atoms with Crippen LogP contribution in [0.3, 0.4) is 0 Å². The van der Waals surface area contributed by atoms with E-state index in [1.54, 1.807) is 0 Å². The third-order valence-corrected chi connectivity index (χ3v) is 3.40. The summed E-state index contributed by atoms with van der Waals surface area (Å²) in [5.74, 6) is -5.80. The molecule has 7 heteroatoms. The molecule has 0 heterocycles. The zero-order valence-electron chi connectivity index (χ0n) is 8.75. The third-order valence-electron chi connectivity index (χ3n) is 3.40. The van der Waals surface area contributed by atoms with Crippen molar-refractivity contribution in [3.8, 4) is 0 Å². The van der Waals surface area contributed by atoms with E-state index in [-0.39, 0.29) is 6.42 Å². The van der Waals surface area contributed by atoms with Gasteiger partial charge in [0.1, 0.15) is 0 Å². The van der Waals surface area contributed by atoms with Gasteiger partial charge < -0.3 is 10.2 Å². The molecule has 1 saturated carbocycles. The Kier molecular flexibility index (Phi) is 3.16. The number of carboxylic acids is 2. The Morgan fingerprint density at radius 2 is 1.94 bits per heavy atom. The number of carboxylic acid groups (broad SMARTS) is 2. The fraction of sp³-hybridized carbons (Fsp3) is 0.778. The van der Waals surface area contributed by atoms with E-state index in [1.807, 2.05) is 0 Å². The molecule has 16 heavy (non-hydrogen) atoms. The second-order valence-electron chi connectivity index (χ2n) is 4.15. The van der Waals surface area contributed by atoms with E-state index in [0.29, 0.717) is 12.8 Å². The predicted octanol–water partition coefficient (Wildman–Crippen LogP) is 0.607. The lowest BCUT2D eigenvalue weighted by Crippen LogP contribution is -2.54. The van der Waals surface area contributed by atoms with Crippen molar-refractivity contribution < 1.29 is 24.7 Å². The van der Waals surface area contributed by atoms with Crippen LogP contribution in [0.15, 0.2) is 0 Å². The van der Waals surface area contributed by atoms with Gasteiger partial charge in [0.15, 0.2) is 0 Å². The van der Waals surface area contributed by atoms with E-state index in [1.165, 1.54) is 6.92 Å². The van der Waals surface area contributed by atoms with Crippen molar-refractivity contribution in [2.75, 3.05) is 0 Å². The average Bonchev–Trinajstić information content (AvgIpc) is 2.47. The molecule has 0 aromatic heterocycles. The average molecular weight is 231 g/mol. The van der Waals surface area contributed by atoms with Crippen LogP contribution in [-0.2, 0) is 9.59 Å². The zero-order chi connectivity index (χ0) is 12.5. The Morgan fingerprint density at radius 3 is 2.19 bits per heavy atom. The van der Waals surface area contributed by atoms with Gasteiger partial charge in [-0.25, -0.2) is 0 Å². The topological polar surface area (TPSA) is 118 Å². The number of hydrogen-bond donors (Lipinski definition) is 2. The monoisotopic (exact) mass is 231 g/mol. The molecule has 1 fully saturated rings.